The van der Waals surface area contributed by atoms with Gasteiger partial charge in [0.2, 0.25) is 5.96 Å². The second-order valence-electron chi connectivity index (χ2n) is 5.46. The van der Waals surface area contributed by atoms with E-state index in [0.717, 1.165) is 22.4 Å². The molecule has 0 radical (unpaired) electrons. The summed E-state index contributed by atoms with van der Waals surface area (Å²) in [6, 6.07) is 13.7. The third-order valence-corrected chi connectivity index (χ3v) is 4.88. The largest absolute Gasteiger partial charge is 0.416 e. The van der Waals surface area contributed by atoms with Gasteiger partial charge in [0.1, 0.15) is 0 Å². The minimum atomic E-state index is -4.56. The van der Waals surface area contributed by atoms with E-state index in [-0.39, 0.29) is 0 Å². The Labute approximate surface area is 152 Å². The summed E-state index contributed by atoms with van der Waals surface area (Å²) in [4.78, 5) is -0.408. The van der Waals surface area contributed by atoms with Crippen molar-refractivity contribution in [2.45, 2.75) is 11.1 Å². The van der Waals surface area contributed by atoms with Gasteiger partial charge in [-0.3, -0.25) is 0 Å². The van der Waals surface area contributed by atoms with Crippen molar-refractivity contribution in [3.05, 3.63) is 72.4 Å². The molecule has 27 heavy (non-hydrogen) atoms. The molecule has 0 aliphatic carbocycles. The first-order valence-corrected chi connectivity index (χ1v) is 9.00. The van der Waals surface area contributed by atoms with Gasteiger partial charge >= 0.3 is 6.18 Å². The molecule has 0 saturated carbocycles. The number of halogens is 3. The first-order chi connectivity index (χ1) is 12.7. The Morgan fingerprint density at radius 3 is 2.22 bits per heavy atom. The molecule has 0 atom stereocenters. The van der Waals surface area contributed by atoms with Crippen molar-refractivity contribution >= 4 is 16.0 Å². The second kappa shape index (κ2) is 6.88. The van der Waals surface area contributed by atoms with Gasteiger partial charge in [-0.2, -0.15) is 26.7 Å². The number of sulfonamides is 1. The summed E-state index contributed by atoms with van der Waals surface area (Å²) < 4.78 is 66.8. The molecule has 3 aromatic rings. The molecule has 1 heterocycles. The van der Waals surface area contributed by atoms with Gasteiger partial charge < -0.3 is 5.73 Å². The number of rotatable bonds is 3. The topological polar surface area (TPSA) is 90.3 Å². The van der Waals surface area contributed by atoms with Crippen molar-refractivity contribution in [1.82, 2.24) is 9.78 Å². The molecule has 0 fully saturated rings. The highest BCUT2D eigenvalue weighted by Gasteiger charge is 2.30. The Balaban J connectivity index is 1.88. The zero-order chi connectivity index (χ0) is 19.7. The van der Waals surface area contributed by atoms with Crippen LogP contribution in [0.15, 0.2) is 76.2 Å². The second-order valence-corrected chi connectivity index (χ2v) is 7.06. The van der Waals surface area contributed by atoms with Crippen LogP contribution in [0, 0.1) is 0 Å². The Morgan fingerprint density at radius 2 is 1.63 bits per heavy atom. The molecule has 0 amide bonds. The van der Waals surface area contributed by atoms with Crippen LogP contribution < -0.4 is 5.73 Å². The molecule has 0 aliphatic heterocycles. The summed E-state index contributed by atoms with van der Waals surface area (Å²) in [5.41, 5.74) is 6.10. The number of hydrogen-bond donors (Lipinski definition) is 1. The Kier molecular flexibility index (Phi) is 4.75. The van der Waals surface area contributed by atoms with E-state index in [1.54, 1.807) is 6.07 Å². The maximum atomic E-state index is 12.6. The first kappa shape index (κ1) is 18.6. The summed E-state index contributed by atoms with van der Waals surface area (Å²) in [5, 5.41) is 4.15. The molecule has 1 aromatic heterocycles. The summed E-state index contributed by atoms with van der Waals surface area (Å²) in [6.07, 6.45) is -3.13. The molecule has 0 unspecified atom stereocenters. The van der Waals surface area contributed by atoms with Gasteiger partial charge in [-0.1, -0.05) is 30.3 Å². The molecule has 3 rings (SSSR count). The molecule has 2 N–H and O–H groups in total. The van der Waals surface area contributed by atoms with E-state index in [4.69, 9.17) is 5.73 Å². The predicted octanol–water partition coefficient (Wildman–Crippen LogP) is 3.12. The van der Waals surface area contributed by atoms with Crippen LogP contribution in [0.2, 0.25) is 0 Å². The standard InChI is InChI=1S/C17H13F3N4O2S/c18-17(19,20)13-6-8-14(9-7-13)27(25,26)23-16(21)24-11-10-15(22-24)12-4-2-1-3-5-12/h1-11H,(H2,21,23). The average Bonchev–Trinajstić information content (AvgIpc) is 3.12. The number of benzene rings is 2. The minimum Gasteiger partial charge on any atom is -0.367 e. The van der Waals surface area contributed by atoms with Gasteiger partial charge in [0.05, 0.1) is 16.2 Å². The molecule has 2 aromatic carbocycles. The van der Waals surface area contributed by atoms with Crippen LogP contribution >= 0.6 is 0 Å². The van der Waals surface area contributed by atoms with E-state index in [1.165, 1.54) is 6.20 Å². The summed E-state index contributed by atoms with van der Waals surface area (Å²) in [7, 11) is -4.29. The maximum Gasteiger partial charge on any atom is 0.416 e. The third kappa shape index (κ3) is 4.17. The van der Waals surface area contributed by atoms with Crippen molar-refractivity contribution in [3.8, 4) is 11.3 Å². The quantitative estimate of drug-likeness (QED) is 0.546. The lowest BCUT2D eigenvalue weighted by atomic mass is 10.2. The minimum absolute atomic E-state index is 0.408. The molecule has 6 nitrogen and oxygen atoms in total. The molecular formula is C17H13F3N4O2S. The van der Waals surface area contributed by atoms with E-state index >= 15 is 0 Å². The van der Waals surface area contributed by atoms with Crippen molar-refractivity contribution in [2.75, 3.05) is 0 Å². The maximum absolute atomic E-state index is 12.6. The van der Waals surface area contributed by atoms with Gasteiger partial charge in [0, 0.05) is 11.8 Å². The fourth-order valence-corrected chi connectivity index (χ4v) is 3.16. The fraction of sp³-hybridized carbons (Fsp3) is 0.0588. The highest BCUT2D eigenvalue weighted by Crippen LogP contribution is 2.30. The van der Waals surface area contributed by atoms with E-state index in [0.29, 0.717) is 17.8 Å². The van der Waals surface area contributed by atoms with Crippen LogP contribution in [0.5, 0.6) is 0 Å². The van der Waals surface area contributed by atoms with Gasteiger partial charge in [-0.15, -0.1) is 4.40 Å². The van der Waals surface area contributed by atoms with Crippen LogP contribution in [0.1, 0.15) is 5.56 Å². The smallest absolute Gasteiger partial charge is 0.367 e. The highest BCUT2D eigenvalue weighted by molar-refractivity contribution is 7.90. The SMILES string of the molecule is NC(=NS(=O)(=O)c1ccc(C(F)(F)F)cc1)n1ccc(-c2ccccc2)n1. The molecule has 10 heteroatoms. The van der Waals surface area contributed by atoms with Crippen molar-refractivity contribution in [2.24, 2.45) is 10.1 Å². The van der Waals surface area contributed by atoms with Crippen molar-refractivity contribution < 1.29 is 21.6 Å². The number of aromatic nitrogens is 2. The van der Waals surface area contributed by atoms with Crippen LogP contribution in [0.25, 0.3) is 11.3 Å². The van der Waals surface area contributed by atoms with Crippen molar-refractivity contribution in [3.63, 3.8) is 0 Å². The summed E-state index contributed by atoms with van der Waals surface area (Å²) >= 11 is 0. The van der Waals surface area contributed by atoms with Gasteiger partial charge in [-0.05, 0) is 30.3 Å². The Bertz CT molecular complexity index is 1070. The van der Waals surface area contributed by atoms with Crippen LogP contribution in [0.3, 0.4) is 0 Å². The monoisotopic (exact) mass is 394 g/mol. The lowest BCUT2D eigenvalue weighted by Gasteiger charge is -2.07. The molecule has 140 valence electrons. The van der Waals surface area contributed by atoms with Gasteiger partial charge in [-0.25, -0.2) is 4.68 Å². The molecular weight excluding hydrogens is 381 g/mol. The van der Waals surface area contributed by atoms with Crippen LogP contribution in [0.4, 0.5) is 13.2 Å². The predicted molar refractivity (Wildman–Crippen MR) is 93.3 cm³/mol. The summed E-state index contributed by atoms with van der Waals surface area (Å²) in [5.74, 6) is -0.433. The van der Waals surface area contributed by atoms with E-state index < -0.39 is 32.6 Å². The number of hydrogen-bond acceptors (Lipinski definition) is 3. The zero-order valence-electron chi connectivity index (χ0n) is 13.6. The molecule has 0 bridgehead atoms. The Hall–Kier alpha value is -3.14. The number of nitrogens with zero attached hydrogens (tertiary/aromatic N) is 3. The molecule has 0 saturated heterocycles. The third-order valence-electron chi connectivity index (χ3n) is 3.59. The average molecular weight is 394 g/mol. The highest BCUT2D eigenvalue weighted by atomic mass is 32.2. The fourth-order valence-electron chi connectivity index (χ4n) is 2.25. The lowest BCUT2D eigenvalue weighted by Crippen LogP contribution is -2.24. The van der Waals surface area contributed by atoms with E-state index in [1.807, 2.05) is 30.3 Å². The zero-order valence-corrected chi connectivity index (χ0v) is 14.4. The summed E-state index contributed by atoms with van der Waals surface area (Å²) in [6.45, 7) is 0. The Morgan fingerprint density at radius 1 is 1.00 bits per heavy atom. The van der Waals surface area contributed by atoms with Crippen LogP contribution in [-0.4, -0.2) is 24.2 Å². The van der Waals surface area contributed by atoms with Gasteiger partial charge in [0.25, 0.3) is 10.0 Å². The van der Waals surface area contributed by atoms with Crippen LogP contribution in [-0.2, 0) is 16.2 Å². The van der Waals surface area contributed by atoms with Crippen molar-refractivity contribution in [1.29, 1.82) is 0 Å². The van der Waals surface area contributed by atoms with E-state index in [9.17, 15) is 21.6 Å². The first-order valence-electron chi connectivity index (χ1n) is 7.56. The molecule has 0 spiro atoms. The normalized spacial score (nSPS) is 12.9. The van der Waals surface area contributed by atoms with Gasteiger partial charge in [0.15, 0.2) is 0 Å². The number of alkyl halides is 3. The number of nitrogens with two attached hydrogens (primary N) is 1. The lowest BCUT2D eigenvalue weighted by molar-refractivity contribution is -0.137. The van der Waals surface area contributed by atoms with E-state index in [2.05, 4.69) is 9.50 Å². The molecule has 0 aliphatic rings.